The van der Waals surface area contributed by atoms with E-state index in [0.29, 0.717) is 6.04 Å². The Morgan fingerprint density at radius 1 is 1.40 bits per heavy atom. The first-order chi connectivity index (χ1) is 9.61. The molecule has 1 unspecified atom stereocenters. The molecule has 1 N–H and O–H groups in total. The lowest BCUT2D eigenvalue weighted by Gasteiger charge is -2.32. The average molecular weight is 277 g/mol. The zero-order valence-corrected chi connectivity index (χ0v) is 13.2. The minimum Gasteiger partial charge on any atom is -0.476 e. The molecule has 1 fully saturated rings. The van der Waals surface area contributed by atoms with E-state index >= 15 is 0 Å². The minimum atomic E-state index is 0.522. The Morgan fingerprint density at radius 2 is 2.20 bits per heavy atom. The lowest BCUT2D eigenvalue weighted by Crippen LogP contribution is -2.40. The number of hydrogen-bond donors (Lipinski definition) is 1. The Labute approximate surface area is 122 Å². The molecule has 0 spiro atoms. The largest absolute Gasteiger partial charge is 0.476 e. The number of aromatic nitrogens is 1. The van der Waals surface area contributed by atoms with Crippen LogP contribution in [0.1, 0.15) is 36.1 Å². The number of pyridine rings is 1. The number of nitrogens with zero attached hydrogens (tertiary/aromatic N) is 2. The van der Waals surface area contributed by atoms with Crippen LogP contribution in [0.3, 0.4) is 0 Å². The maximum absolute atomic E-state index is 6.07. The number of hydrogen-bond acceptors (Lipinski definition) is 4. The van der Waals surface area contributed by atoms with Crippen molar-refractivity contribution in [1.29, 1.82) is 0 Å². The van der Waals surface area contributed by atoms with Gasteiger partial charge in [-0.25, -0.2) is 4.98 Å². The average Bonchev–Trinajstić information content (AvgIpc) is 2.41. The normalized spacial score (nSPS) is 20.1. The summed E-state index contributed by atoms with van der Waals surface area (Å²) in [5.41, 5.74) is 3.45. The van der Waals surface area contributed by atoms with E-state index in [0.717, 1.165) is 24.7 Å². The zero-order chi connectivity index (χ0) is 14.5. The first-order valence-electron chi connectivity index (χ1n) is 7.56. The highest BCUT2D eigenvalue weighted by molar-refractivity contribution is 5.35. The van der Waals surface area contributed by atoms with Crippen LogP contribution in [-0.4, -0.2) is 43.2 Å². The third-order valence-electron chi connectivity index (χ3n) is 4.12. The Balaban J connectivity index is 2.07. The molecule has 0 amide bonds. The van der Waals surface area contributed by atoms with E-state index in [1.54, 1.807) is 0 Å². The van der Waals surface area contributed by atoms with Crippen molar-refractivity contribution in [1.82, 2.24) is 15.2 Å². The Hall–Kier alpha value is -1.13. The molecule has 0 aromatic carbocycles. The van der Waals surface area contributed by atoms with Crippen molar-refractivity contribution in [3.05, 3.63) is 22.9 Å². The summed E-state index contributed by atoms with van der Waals surface area (Å²) in [6.45, 7) is 6.87. The topological polar surface area (TPSA) is 37.4 Å². The summed E-state index contributed by atoms with van der Waals surface area (Å²) in [4.78, 5) is 6.99. The van der Waals surface area contributed by atoms with Crippen molar-refractivity contribution >= 4 is 0 Å². The molecule has 112 valence electrons. The predicted octanol–water partition coefficient (Wildman–Crippen LogP) is 2.28. The number of aryl methyl sites for hydroxylation is 2. The Bertz CT molecular complexity index is 448. The van der Waals surface area contributed by atoms with Crippen molar-refractivity contribution in [2.75, 3.05) is 27.2 Å². The van der Waals surface area contributed by atoms with Crippen molar-refractivity contribution in [3.8, 4) is 5.88 Å². The first kappa shape index (κ1) is 15.3. The van der Waals surface area contributed by atoms with Crippen LogP contribution >= 0.6 is 0 Å². The second-order valence-corrected chi connectivity index (χ2v) is 5.84. The molecule has 0 saturated carbocycles. The summed E-state index contributed by atoms with van der Waals surface area (Å²) in [6, 6.07) is 2.64. The molecular formula is C16H27N3O. The standard InChI is InChI=1S/C16H27N3O/c1-12-9-13(2)18-16(15(12)10-17-3)20-11-14-7-5-6-8-19(14)4/h9,14,17H,5-8,10-11H2,1-4H3. The van der Waals surface area contributed by atoms with Gasteiger partial charge < -0.3 is 15.0 Å². The van der Waals surface area contributed by atoms with Crippen LogP contribution in [0.15, 0.2) is 6.07 Å². The van der Waals surface area contributed by atoms with E-state index in [9.17, 15) is 0 Å². The summed E-state index contributed by atoms with van der Waals surface area (Å²) in [5.74, 6) is 0.802. The molecule has 0 bridgehead atoms. The third kappa shape index (κ3) is 3.70. The van der Waals surface area contributed by atoms with Crippen LogP contribution in [0.5, 0.6) is 5.88 Å². The maximum Gasteiger partial charge on any atom is 0.218 e. The molecule has 20 heavy (non-hydrogen) atoms. The molecule has 1 aromatic rings. The van der Waals surface area contributed by atoms with Gasteiger partial charge in [-0.2, -0.15) is 0 Å². The second-order valence-electron chi connectivity index (χ2n) is 5.84. The van der Waals surface area contributed by atoms with Crippen molar-refractivity contribution in [3.63, 3.8) is 0 Å². The van der Waals surface area contributed by atoms with Gasteiger partial charge in [-0.3, -0.25) is 0 Å². The van der Waals surface area contributed by atoms with Gasteiger partial charge in [0, 0.05) is 23.8 Å². The van der Waals surface area contributed by atoms with Crippen LogP contribution in [0, 0.1) is 13.8 Å². The molecule has 1 saturated heterocycles. The fourth-order valence-corrected chi connectivity index (χ4v) is 2.87. The zero-order valence-electron chi connectivity index (χ0n) is 13.2. The second kappa shape index (κ2) is 7.04. The number of likely N-dealkylation sites (N-methyl/N-ethyl adjacent to an activating group) is 1. The number of rotatable bonds is 5. The van der Waals surface area contributed by atoms with Crippen molar-refractivity contribution in [2.45, 2.75) is 45.7 Å². The highest BCUT2D eigenvalue weighted by Gasteiger charge is 2.20. The van der Waals surface area contributed by atoms with Gasteiger partial charge >= 0.3 is 0 Å². The third-order valence-corrected chi connectivity index (χ3v) is 4.12. The molecule has 1 atom stereocenters. The molecule has 0 aliphatic carbocycles. The lowest BCUT2D eigenvalue weighted by atomic mass is 10.0. The molecule has 1 aliphatic rings. The molecule has 2 rings (SSSR count). The molecule has 2 heterocycles. The van der Waals surface area contributed by atoms with Crippen molar-refractivity contribution < 1.29 is 4.74 Å². The maximum atomic E-state index is 6.07. The summed E-state index contributed by atoms with van der Waals surface area (Å²) in [5, 5.41) is 3.20. The van der Waals surface area contributed by atoms with Gasteiger partial charge in [0.1, 0.15) is 6.61 Å². The number of piperidine rings is 1. The highest BCUT2D eigenvalue weighted by Crippen LogP contribution is 2.22. The van der Waals surface area contributed by atoms with Gasteiger partial charge in [0.25, 0.3) is 0 Å². The van der Waals surface area contributed by atoms with Gasteiger partial charge in [-0.15, -0.1) is 0 Å². The van der Waals surface area contributed by atoms with Crippen LogP contribution in [0.4, 0.5) is 0 Å². The fourth-order valence-electron chi connectivity index (χ4n) is 2.87. The van der Waals surface area contributed by atoms with Gasteiger partial charge in [-0.1, -0.05) is 6.42 Å². The molecule has 0 radical (unpaired) electrons. The van der Waals surface area contributed by atoms with Crippen LogP contribution in [-0.2, 0) is 6.54 Å². The smallest absolute Gasteiger partial charge is 0.218 e. The van der Waals surface area contributed by atoms with Gasteiger partial charge in [0.2, 0.25) is 5.88 Å². The Morgan fingerprint density at radius 3 is 2.90 bits per heavy atom. The fraction of sp³-hybridized carbons (Fsp3) is 0.688. The number of ether oxygens (including phenoxy) is 1. The molecular weight excluding hydrogens is 250 g/mol. The Kier molecular flexibility index (Phi) is 5.38. The quantitative estimate of drug-likeness (QED) is 0.896. The van der Waals surface area contributed by atoms with E-state index < -0.39 is 0 Å². The molecule has 1 aliphatic heterocycles. The van der Waals surface area contributed by atoms with Gasteiger partial charge in [0.05, 0.1) is 0 Å². The van der Waals surface area contributed by atoms with E-state index in [2.05, 4.69) is 35.2 Å². The number of nitrogens with one attached hydrogen (secondary N) is 1. The summed E-state index contributed by atoms with van der Waals surface area (Å²) < 4.78 is 6.07. The van der Waals surface area contributed by atoms with Crippen LogP contribution in [0.2, 0.25) is 0 Å². The first-order valence-corrected chi connectivity index (χ1v) is 7.56. The molecule has 4 heteroatoms. The monoisotopic (exact) mass is 277 g/mol. The van der Waals surface area contributed by atoms with Crippen molar-refractivity contribution in [2.24, 2.45) is 0 Å². The van der Waals surface area contributed by atoms with Gasteiger partial charge in [-0.05, 0) is 59.0 Å². The van der Waals surface area contributed by atoms with E-state index in [4.69, 9.17) is 4.74 Å². The summed E-state index contributed by atoms with van der Waals surface area (Å²) in [7, 11) is 4.15. The molecule has 4 nitrogen and oxygen atoms in total. The SMILES string of the molecule is CNCc1c(C)cc(C)nc1OCC1CCCCN1C. The van der Waals surface area contributed by atoms with E-state index in [1.165, 1.54) is 36.9 Å². The summed E-state index contributed by atoms with van der Waals surface area (Å²) >= 11 is 0. The molecule has 1 aromatic heterocycles. The lowest BCUT2D eigenvalue weighted by molar-refractivity contribution is 0.122. The van der Waals surface area contributed by atoms with E-state index in [-0.39, 0.29) is 0 Å². The number of likely N-dealkylation sites (tertiary alicyclic amines) is 1. The van der Waals surface area contributed by atoms with E-state index in [1.807, 2.05) is 14.0 Å². The minimum absolute atomic E-state index is 0.522. The highest BCUT2D eigenvalue weighted by atomic mass is 16.5. The van der Waals surface area contributed by atoms with Crippen LogP contribution in [0.25, 0.3) is 0 Å². The van der Waals surface area contributed by atoms with Crippen LogP contribution < -0.4 is 10.1 Å². The summed E-state index contributed by atoms with van der Waals surface area (Å²) in [6.07, 6.45) is 3.84. The van der Waals surface area contributed by atoms with Gasteiger partial charge in [0.15, 0.2) is 0 Å². The predicted molar refractivity (Wildman–Crippen MR) is 82.2 cm³/mol.